The SMILES string of the molecule is Cc1cccc2c1SCCC2(c1c[nH]c2ccccc12)c1c[nH]c2ccccc12. The van der Waals surface area contributed by atoms with Crippen LogP contribution in [0.3, 0.4) is 0 Å². The zero-order chi connectivity index (χ0) is 19.4. The first-order chi connectivity index (χ1) is 14.3. The third-order valence-corrected chi connectivity index (χ3v) is 7.73. The lowest BCUT2D eigenvalue weighted by Gasteiger charge is -2.40. The number of benzene rings is 3. The molecule has 1 aliphatic rings. The van der Waals surface area contributed by atoms with Crippen molar-refractivity contribution in [2.75, 3.05) is 5.75 Å². The molecule has 0 unspecified atom stereocenters. The van der Waals surface area contributed by atoms with Crippen molar-refractivity contribution in [2.24, 2.45) is 0 Å². The molecule has 0 saturated heterocycles. The maximum absolute atomic E-state index is 3.55. The average molecular weight is 395 g/mol. The molecule has 0 saturated carbocycles. The summed E-state index contributed by atoms with van der Waals surface area (Å²) in [4.78, 5) is 8.54. The largest absolute Gasteiger partial charge is 0.361 e. The molecule has 29 heavy (non-hydrogen) atoms. The topological polar surface area (TPSA) is 31.6 Å². The lowest BCUT2D eigenvalue weighted by Crippen LogP contribution is -2.33. The molecule has 2 nitrogen and oxygen atoms in total. The van der Waals surface area contributed by atoms with Crippen molar-refractivity contribution in [2.45, 2.75) is 23.7 Å². The van der Waals surface area contributed by atoms with Crippen LogP contribution in [0.1, 0.15) is 28.7 Å². The van der Waals surface area contributed by atoms with Gasteiger partial charge in [0.2, 0.25) is 0 Å². The van der Waals surface area contributed by atoms with Crippen molar-refractivity contribution in [1.29, 1.82) is 0 Å². The number of thioether (sulfide) groups is 1. The van der Waals surface area contributed by atoms with Gasteiger partial charge in [-0.05, 0) is 53.5 Å². The van der Waals surface area contributed by atoms with Crippen LogP contribution >= 0.6 is 11.8 Å². The van der Waals surface area contributed by atoms with E-state index < -0.39 is 0 Å². The Morgan fingerprint density at radius 1 is 0.724 bits per heavy atom. The van der Waals surface area contributed by atoms with Gasteiger partial charge in [-0.2, -0.15) is 0 Å². The maximum atomic E-state index is 3.55. The zero-order valence-corrected chi connectivity index (χ0v) is 17.1. The quantitative estimate of drug-likeness (QED) is 0.339. The molecule has 142 valence electrons. The van der Waals surface area contributed by atoms with E-state index in [4.69, 9.17) is 0 Å². The van der Waals surface area contributed by atoms with Gasteiger partial charge in [-0.15, -0.1) is 11.8 Å². The van der Waals surface area contributed by atoms with E-state index in [0.29, 0.717) is 0 Å². The first-order valence-corrected chi connectivity index (χ1v) is 11.1. The van der Waals surface area contributed by atoms with E-state index in [1.54, 1.807) is 0 Å². The number of nitrogens with one attached hydrogen (secondary N) is 2. The van der Waals surface area contributed by atoms with Crippen molar-refractivity contribution < 1.29 is 0 Å². The number of H-pyrrole nitrogens is 2. The molecule has 3 heteroatoms. The van der Waals surface area contributed by atoms with Gasteiger partial charge in [-0.3, -0.25) is 0 Å². The van der Waals surface area contributed by atoms with Crippen LogP contribution in [0, 0.1) is 6.92 Å². The number of aryl methyl sites for hydroxylation is 1. The molecule has 0 bridgehead atoms. The van der Waals surface area contributed by atoms with Gasteiger partial charge >= 0.3 is 0 Å². The predicted molar refractivity (Wildman–Crippen MR) is 123 cm³/mol. The zero-order valence-electron chi connectivity index (χ0n) is 16.3. The Hall–Kier alpha value is -2.91. The number of hydrogen-bond acceptors (Lipinski definition) is 1. The highest BCUT2D eigenvalue weighted by Crippen LogP contribution is 2.53. The molecular weight excluding hydrogens is 372 g/mol. The molecular formula is C26H22N2S. The molecule has 3 heterocycles. The second-order valence-corrected chi connectivity index (χ2v) is 9.06. The predicted octanol–water partition coefficient (Wildman–Crippen LogP) is 6.79. The van der Waals surface area contributed by atoms with Crippen molar-refractivity contribution in [3.63, 3.8) is 0 Å². The molecule has 0 spiro atoms. The van der Waals surface area contributed by atoms with Crippen LogP contribution < -0.4 is 0 Å². The maximum Gasteiger partial charge on any atom is 0.0512 e. The fourth-order valence-electron chi connectivity index (χ4n) is 5.17. The van der Waals surface area contributed by atoms with Gasteiger partial charge < -0.3 is 9.97 Å². The van der Waals surface area contributed by atoms with E-state index in [1.807, 2.05) is 11.8 Å². The van der Waals surface area contributed by atoms with Crippen LogP contribution in [0.15, 0.2) is 84.0 Å². The summed E-state index contributed by atoms with van der Waals surface area (Å²) >= 11 is 2.00. The summed E-state index contributed by atoms with van der Waals surface area (Å²) in [6.45, 7) is 2.24. The highest BCUT2D eigenvalue weighted by atomic mass is 32.2. The Morgan fingerprint density at radius 3 is 2.00 bits per heavy atom. The minimum Gasteiger partial charge on any atom is -0.361 e. The molecule has 1 aliphatic heterocycles. The first-order valence-electron chi connectivity index (χ1n) is 10.1. The minimum atomic E-state index is -0.175. The minimum absolute atomic E-state index is 0.175. The third-order valence-electron chi connectivity index (χ3n) is 6.49. The Labute approximate surface area is 174 Å². The van der Waals surface area contributed by atoms with Crippen molar-refractivity contribution >= 4 is 33.6 Å². The smallest absolute Gasteiger partial charge is 0.0512 e. The monoisotopic (exact) mass is 394 g/mol. The standard InChI is InChI=1S/C26H22N2S/c1-17-7-6-10-20-25(17)29-14-13-26(20,21-15-27-23-11-4-2-8-18(21)23)22-16-28-24-12-5-3-9-19(22)24/h2-12,15-16,27-28H,13-14H2,1H3. The van der Waals surface area contributed by atoms with Crippen molar-refractivity contribution in [3.05, 3.63) is 101 Å². The van der Waals surface area contributed by atoms with Crippen molar-refractivity contribution in [1.82, 2.24) is 9.97 Å². The Morgan fingerprint density at radius 2 is 1.34 bits per heavy atom. The molecule has 0 radical (unpaired) electrons. The van der Waals surface area contributed by atoms with Gasteiger partial charge in [0.15, 0.2) is 0 Å². The van der Waals surface area contributed by atoms with Gasteiger partial charge in [0.25, 0.3) is 0 Å². The van der Waals surface area contributed by atoms with Crippen LogP contribution in [0.4, 0.5) is 0 Å². The van der Waals surface area contributed by atoms with E-state index in [-0.39, 0.29) is 5.41 Å². The van der Waals surface area contributed by atoms with E-state index >= 15 is 0 Å². The molecule has 6 rings (SSSR count). The average Bonchev–Trinajstić information content (AvgIpc) is 3.39. The van der Waals surface area contributed by atoms with E-state index in [0.717, 1.165) is 12.2 Å². The highest BCUT2D eigenvalue weighted by Gasteiger charge is 2.43. The molecule has 3 aromatic carbocycles. The summed E-state index contributed by atoms with van der Waals surface area (Å²) in [6.07, 6.45) is 5.57. The number of hydrogen-bond donors (Lipinski definition) is 2. The van der Waals surface area contributed by atoms with E-state index in [9.17, 15) is 0 Å². The van der Waals surface area contributed by atoms with Crippen molar-refractivity contribution in [3.8, 4) is 0 Å². The Balaban J connectivity index is 1.77. The highest BCUT2D eigenvalue weighted by molar-refractivity contribution is 7.99. The number of fused-ring (bicyclic) bond motifs is 3. The summed E-state index contributed by atoms with van der Waals surface area (Å²) in [7, 11) is 0. The molecule has 0 aliphatic carbocycles. The molecule has 0 fully saturated rings. The van der Waals surface area contributed by atoms with Gasteiger partial charge in [0.1, 0.15) is 0 Å². The lowest BCUT2D eigenvalue weighted by atomic mass is 9.67. The Bertz CT molecular complexity index is 1280. The third kappa shape index (κ3) is 2.31. The summed E-state index contributed by atoms with van der Waals surface area (Å²) < 4.78 is 0. The molecule has 2 aromatic heterocycles. The van der Waals surface area contributed by atoms with E-state index in [1.165, 1.54) is 49.0 Å². The number of para-hydroxylation sites is 2. The number of rotatable bonds is 2. The molecule has 5 aromatic rings. The lowest BCUT2D eigenvalue weighted by molar-refractivity contribution is 0.586. The second kappa shape index (κ2) is 6.30. The van der Waals surface area contributed by atoms with Gasteiger partial charge in [0, 0.05) is 39.1 Å². The van der Waals surface area contributed by atoms with Gasteiger partial charge in [-0.25, -0.2) is 0 Å². The van der Waals surface area contributed by atoms with Crippen LogP contribution in [0.25, 0.3) is 21.8 Å². The molecule has 0 amide bonds. The molecule has 2 N–H and O–H groups in total. The Kier molecular flexibility index (Phi) is 3.69. The normalized spacial score (nSPS) is 15.6. The van der Waals surface area contributed by atoms with Crippen LogP contribution in [-0.2, 0) is 5.41 Å². The van der Waals surface area contributed by atoms with Gasteiger partial charge in [-0.1, -0.05) is 54.6 Å². The van der Waals surface area contributed by atoms with Crippen LogP contribution in [0.2, 0.25) is 0 Å². The number of aromatic amines is 2. The number of aromatic nitrogens is 2. The summed E-state index contributed by atoms with van der Waals surface area (Å²) in [5, 5.41) is 2.63. The van der Waals surface area contributed by atoms with E-state index in [2.05, 4.69) is 96.0 Å². The van der Waals surface area contributed by atoms with Crippen LogP contribution in [-0.4, -0.2) is 15.7 Å². The molecule has 0 atom stereocenters. The fourth-order valence-corrected chi connectivity index (χ4v) is 6.48. The summed E-state index contributed by atoms with van der Waals surface area (Å²) in [5.74, 6) is 1.11. The summed E-state index contributed by atoms with van der Waals surface area (Å²) in [6, 6.07) is 24.2. The second-order valence-electron chi connectivity index (χ2n) is 7.95. The van der Waals surface area contributed by atoms with Crippen LogP contribution in [0.5, 0.6) is 0 Å². The summed E-state index contributed by atoms with van der Waals surface area (Å²) in [5.41, 5.74) is 7.80. The van der Waals surface area contributed by atoms with Gasteiger partial charge in [0.05, 0.1) is 5.41 Å². The fraction of sp³-hybridized carbons (Fsp3) is 0.154. The first kappa shape index (κ1) is 17.0.